The molecular weight excluding hydrogens is 499 g/mol. The van der Waals surface area contributed by atoms with E-state index >= 15 is 0 Å². The molecule has 0 bridgehead atoms. The van der Waals surface area contributed by atoms with Crippen LogP contribution in [-0.2, 0) is 18.6 Å². The summed E-state index contributed by atoms with van der Waals surface area (Å²) in [6.45, 7) is 13.5. The van der Waals surface area contributed by atoms with Crippen LogP contribution in [0.4, 0.5) is 0 Å². The number of fused-ring (bicyclic) bond motifs is 5. The summed E-state index contributed by atoms with van der Waals surface area (Å²) in [7, 11) is -4.42. The van der Waals surface area contributed by atoms with Gasteiger partial charge in [0.15, 0.2) is 0 Å². The predicted octanol–water partition coefficient (Wildman–Crippen LogP) is 7.54. The van der Waals surface area contributed by atoms with E-state index in [2.05, 4.69) is 45.2 Å². The van der Waals surface area contributed by atoms with E-state index in [0.717, 1.165) is 48.3 Å². The van der Waals surface area contributed by atoms with Gasteiger partial charge in [-0.05, 0) is 97.7 Å². The number of allylic oxidation sites excluding steroid dienone is 1. The third-order valence-corrected chi connectivity index (χ3v) is 11.8. The lowest BCUT2D eigenvalue weighted by Gasteiger charge is -2.58. The molecule has 8 atom stereocenters. The minimum atomic E-state index is -4.42. The van der Waals surface area contributed by atoms with Crippen LogP contribution in [0.5, 0.6) is 0 Å². The van der Waals surface area contributed by atoms with Gasteiger partial charge >= 0.3 is 7.82 Å². The Kier molecular flexibility index (Phi) is 10.3. The van der Waals surface area contributed by atoms with Crippen LogP contribution >= 0.6 is 7.82 Å². The molecule has 4 rings (SSSR count). The summed E-state index contributed by atoms with van der Waals surface area (Å²) in [4.78, 5) is 17.4. The van der Waals surface area contributed by atoms with Crippen LogP contribution in [0, 0.1) is 46.3 Å². The van der Waals surface area contributed by atoms with Crippen molar-refractivity contribution >= 4 is 7.82 Å². The molecule has 4 aliphatic rings. The molecule has 0 spiro atoms. The van der Waals surface area contributed by atoms with Gasteiger partial charge in [0.2, 0.25) is 0 Å². The predicted molar refractivity (Wildman–Crippen MR) is 152 cm³/mol. The maximum absolute atomic E-state index is 10.7. The smallest absolute Gasteiger partial charge is 0.377 e. The lowest BCUT2D eigenvalue weighted by Crippen LogP contribution is -2.51. The second kappa shape index (κ2) is 12.7. The molecule has 0 radical (unpaired) electrons. The number of rotatable bonds is 13. The maximum Gasteiger partial charge on any atom is 0.469 e. The molecule has 0 saturated heterocycles. The Labute approximate surface area is 231 Å². The molecule has 6 nitrogen and oxygen atoms in total. The number of phosphoric ester groups is 1. The van der Waals surface area contributed by atoms with Gasteiger partial charge in [-0.1, -0.05) is 65.5 Å². The number of ether oxygens (including phenoxy) is 2. The molecule has 3 fully saturated rings. The Hall–Kier alpha value is -0.230. The van der Waals surface area contributed by atoms with Crippen molar-refractivity contribution < 1.29 is 28.3 Å². The second-order valence-corrected chi connectivity index (χ2v) is 15.2. The SMILES string of the molecule is CC(C)CCC[C@@H](C)C1CCC2[C@@H]3CC=C4C[C@@H](OCCOCCOP(=O)(O)O)CC[C@]4(C)C3CC[C@@]21C. The van der Waals surface area contributed by atoms with Crippen molar-refractivity contribution in [1.82, 2.24) is 0 Å². The van der Waals surface area contributed by atoms with E-state index in [9.17, 15) is 4.57 Å². The fourth-order valence-corrected chi connectivity index (χ4v) is 9.70. The molecular formula is C31H55O6P. The van der Waals surface area contributed by atoms with Gasteiger partial charge in [0.1, 0.15) is 0 Å². The summed E-state index contributed by atoms with van der Waals surface area (Å²) in [6.07, 6.45) is 17.4. The van der Waals surface area contributed by atoms with E-state index in [1.54, 1.807) is 5.57 Å². The molecule has 0 heterocycles. The molecule has 4 aliphatic carbocycles. The first-order chi connectivity index (χ1) is 17.9. The molecule has 0 aliphatic heterocycles. The Morgan fingerprint density at radius 2 is 1.74 bits per heavy atom. The fraction of sp³-hybridized carbons (Fsp3) is 0.935. The zero-order valence-corrected chi connectivity index (χ0v) is 25.6. The summed E-state index contributed by atoms with van der Waals surface area (Å²) in [5, 5.41) is 0. The lowest BCUT2D eigenvalue weighted by atomic mass is 9.47. The Balaban J connectivity index is 1.28. The third-order valence-electron chi connectivity index (χ3n) is 11.3. The summed E-state index contributed by atoms with van der Waals surface area (Å²) >= 11 is 0. The average Bonchev–Trinajstić information content (AvgIpc) is 3.20. The summed E-state index contributed by atoms with van der Waals surface area (Å²) in [5.41, 5.74) is 2.52. The summed E-state index contributed by atoms with van der Waals surface area (Å²) in [6, 6.07) is 0. The van der Waals surface area contributed by atoms with E-state index in [4.69, 9.17) is 19.3 Å². The van der Waals surface area contributed by atoms with Crippen molar-refractivity contribution in [2.75, 3.05) is 26.4 Å². The van der Waals surface area contributed by atoms with Gasteiger partial charge in [-0.25, -0.2) is 4.57 Å². The van der Waals surface area contributed by atoms with Crippen molar-refractivity contribution in [3.05, 3.63) is 11.6 Å². The van der Waals surface area contributed by atoms with Crippen LogP contribution in [0.25, 0.3) is 0 Å². The topological polar surface area (TPSA) is 85.2 Å². The molecule has 0 aromatic rings. The molecule has 7 heteroatoms. The van der Waals surface area contributed by atoms with Gasteiger partial charge in [0.25, 0.3) is 0 Å². The largest absolute Gasteiger partial charge is 0.469 e. The highest BCUT2D eigenvalue weighted by atomic mass is 31.2. The van der Waals surface area contributed by atoms with Gasteiger partial charge in [-0.15, -0.1) is 0 Å². The molecule has 2 N–H and O–H groups in total. The van der Waals surface area contributed by atoms with Crippen LogP contribution in [0.2, 0.25) is 0 Å². The monoisotopic (exact) mass is 554 g/mol. The quantitative estimate of drug-likeness (QED) is 0.139. The van der Waals surface area contributed by atoms with Crippen LogP contribution in [-0.4, -0.2) is 42.3 Å². The average molecular weight is 555 g/mol. The zero-order valence-electron chi connectivity index (χ0n) is 24.7. The molecule has 0 aromatic carbocycles. The van der Waals surface area contributed by atoms with Crippen LogP contribution in [0.3, 0.4) is 0 Å². The molecule has 0 amide bonds. The van der Waals surface area contributed by atoms with E-state index in [1.807, 2.05) is 0 Å². The van der Waals surface area contributed by atoms with Crippen molar-refractivity contribution in [2.45, 2.75) is 111 Å². The zero-order chi connectivity index (χ0) is 27.6. The Morgan fingerprint density at radius 1 is 0.974 bits per heavy atom. The highest BCUT2D eigenvalue weighted by Gasteiger charge is 2.59. The highest BCUT2D eigenvalue weighted by Crippen LogP contribution is 2.67. The first-order valence-corrected chi connectivity index (χ1v) is 17.1. The minimum absolute atomic E-state index is 0.112. The van der Waals surface area contributed by atoms with E-state index in [1.165, 1.54) is 57.8 Å². The maximum atomic E-state index is 10.7. The Bertz CT molecular complexity index is 853. The number of hydrogen-bond donors (Lipinski definition) is 2. The highest BCUT2D eigenvalue weighted by molar-refractivity contribution is 7.46. The van der Waals surface area contributed by atoms with Crippen molar-refractivity contribution in [3.8, 4) is 0 Å². The molecule has 3 unspecified atom stereocenters. The summed E-state index contributed by atoms with van der Waals surface area (Å²) < 4.78 is 26.7. The van der Waals surface area contributed by atoms with Gasteiger partial charge in [0, 0.05) is 0 Å². The van der Waals surface area contributed by atoms with Gasteiger partial charge in [0.05, 0.1) is 32.5 Å². The van der Waals surface area contributed by atoms with Crippen molar-refractivity contribution in [1.29, 1.82) is 0 Å². The second-order valence-electron chi connectivity index (χ2n) is 14.0. The van der Waals surface area contributed by atoms with Gasteiger partial charge < -0.3 is 19.3 Å². The summed E-state index contributed by atoms with van der Waals surface area (Å²) in [5.74, 6) is 5.18. The van der Waals surface area contributed by atoms with E-state index < -0.39 is 7.82 Å². The molecule has 38 heavy (non-hydrogen) atoms. The van der Waals surface area contributed by atoms with Crippen LogP contribution in [0.1, 0.15) is 105 Å². The normalized spacial score (nSPS) is 37.9. The molecule has 3 saturated carbocycles. The van der Waals surface area contributed by atoms with E-state index in [-0.39, 0.29) is 19.3 Å². The standard InChI is InChI=1S/C31H55O6P/c1-22(2)7-6-8-23(3)27-11-12-28-26-10-9-24-21-25(36-19-17-35-18-20-37-38(32,33)34)13-15-30(24,4)29(26)14-16-31(27,28)5/h9,22-23,25-29H,6-8,10-21H2,1-5H3,(H2,32,33,34)/t23-,25+,26+,27?,28?,29?,30+,31-/m1/s1. The van der Waals surface area contributed by atoms with Crippen LogP contribution < -0.4 is 0 Å². The van der Waals surface area contributed by atoms with Crippen molar-refractivity contribution in [2.24, 2.45) is 46.3 Å². The lowest BCUT2D eigenvalue weighted by molar-refractivity contribution is -0.0682. The molecule has 0 aromatic heterocycles. The van der Waals surface area contributed by atoms with Gasteiger partial charge in [-0.2, -0.15) is 0 Å². The van der Waals surface area contributed by atoms with E-state index in [0.29, 0.717) is 24.0 Å². The number of phosphoric acid groups is 1. The Morgan fingerprint density at radius 3 is 2.47 bits per heavy atom. The number of hydrogen-bond acceptors (Lipinski definition) is 4. The molecule has 220 valence electrons. The van der Waals surface area contributed by atoms with Gasteiger partial charge in [-0.3, -0.25) is 4.52 Å². The minimum Gasteiger partial charge on any atom is -0.377 e. The van der Waals surface area contributed by atoms with Crippen molar-refractivity contribution in [3.63, 3.8) is 0 Å². The first-order valence-electron chi connectivity index (χ1n) is 15.5. The fourth-order valence-electron chi connectivity index (χ4n) is 9.39. The van der Waals surface area contributed by atoms with Crippen LogP contribution in [0.15, 0.2) is 11.6 Å². The first kappa shape index (κ1) is 30.7. The third kappa shape index (κ3) is 6.97.